The molecule has 1 saturated carbocycles. The average Bonchev–Trinajstić information content (AvgIpc) is 2.32. The molecule has 1 rings (SSSR count). The number of carbonyl (C=O) groups is 2. The molecule has 2 atom stereocenters. The van der Waals surface area contributed by atoms with Crippen molar-refractivity contribution in [1.29, 1.82) is 0 Å². The fourth-order valence-electron chi connectivity index (χ4n) is 1.55. The van der Waals surface area contributed by atoms with Crippen molar-refractivity contribution in [3.8, 4) is 0 Å². The van der Waals surface area contributed by atoms with E-state index in [4.69, 9.17) is 5.73 Å². The van der Waals surface area contributed by atoms with Crippen LogP contribution in [0.1, 0.15) is 19.8 Å². The number of ether oxygens (including phenoxy) is 1. The fraction of sp³-hybridized carbons (Fsp3) is 0.750. The van der Waals surface area contributed by atoms with Gasteiger partial charge in [-0.25, -0.2) is 0 Å². The van der Waals surface area contributed by atoms with Crippen LogP contribution in [0.25, 0.3) is 0 Å². The lowest BCUT2D eigenvalue weighted by Gasteiger charge is -2.11. The monoisotopic (exact) mass is 171 g/mol. The minimum Gasteiger partial charge on any atom is -0.449 e. The Labute approximate surface area is 71.1 Å². The Morgan fingerprint density at radius 2 is 2.42 bits per heavy atom. The highest BCUT2D eigenvalue weighted by atomic mass is 16.5. The molecule has 0 aromatic carbocycles. The molecule has 2 N–H and O–H groups in total. The van der Waals surface area contributed by atoms with Gasteiger partial charge in [-0.15, -0.1) is 0 Å². The van der Waals surface area contributed by atoms with Crippen LogP contribution in [0, 0.1) is 11.8 Å². The molecular formula is C8H13NO3. The molecule has 0 aromatic heterocycles. The SMILES string of the molecule is C[C@@H]1CCC(=O)C1C(=O)OCN. The molecule has 0 aliphatic heterocycles. The predicted molar refractivity (Wildman–Crippen MR) is 42.0 cm³/mol. The van der Waals surface area contributed by atoms with Gasteiger partial charge in [0, 0.05) is 6.42 Å². The van der Waals surface area contributed by atoms with E-state index in [0.29, 0.717) is 6.42 Å². The molecular weight excluding hydrogens is 158 g/mol. The van der Waals surface area contributed by atoms with Crippen LogP contribution >= 0.6 is 0 Å². The second kappa shape index (κ2) is 3.67. The zero-order valence-electron chi connectivity index (χ0n) is 7.08. The van der Waals surface area contributed by atoms with Gasteiger partial charge in [-0.3, -0.25) is 15.3 Å². The Balaban J connectivity index is 2.59. The number of Topliss-reactive ketones (excluding diaryl/α,β-unsaturated/α-hetero) is 1. The maximum absolute atomic E-state index is 11.2. The molecule has 0 radical (unpaired) electrons. The summed E-state index contributed by atoms with van der Waals surface area (Å²) in [6.45, 7) is 1.74. The lowest BCUT2D eigenvalue weighted by molar-refractivity contribution is -0.152. The molecule has 0 saturated heterocycles. The van der Waals surface area contributed by atoms with Crippen molar-refractivity contribution in [3.05, 3.63) is 0 Å². The summed E-state index contributed by atoms with van der Waals surface area (Å²) < 4.78 is 4.58. The van der Waals surface area contributed by atoms with Crippen molar-refractivity contribution in [2.75, 3.05) is 6.73 Å². The summed E-state index contributed by atoms with van der Waals surface area (Å²) in [6, 6.07) is 0. The third kappa shape index (κ3) is 1.64. The summed E-state index contributed by atoms with van der Waals surface area (Å²) in [5, 5.41) is 0. The van der Waals surface area contributed by atoms with E-state index in [2.05, 4.69) is 4.74 Å². The van der Waals surface area contributed by atoms with E-state index in [-0.39, 0.29) is 18.4 Å². The normalized spacial score (nSPS) is 29.0. The minimum atomic E-state index is -0.562. The second-order valence-electron chi connectivity index (χ2n) is 3.09. The number of nitrogens with two attached hydrogens (primary N) is 1. The highest BCUT2D eigenvalue weighted by molar-refractivity contribution is 6.00. The molecule has 12 heavy (non-hydrogen) atoms. The van der Waals surface area contributed by atoms with Crippen molar-refractivity contribution in [2.24, 2.45) is 17.6 Å². The maximum atomic E-state index is 11.2. The van der Waals surface area contributed by atoms with Crippen LogP contribution in [0.5, 0.6) is 0 Å². The zero-order valence-corrected chi connectivity index (χ0v) is 7.08. The molecule has 1 aliphatic carbocycles. The number of ketones is 1. The molecule has 0 spiro atoms. The molecule has 0 amide bonds. The number of hydrogen-bond donors (Lipinski definition) is 1. The quantitative estimate of drug-likeness (QED) is 0.362. The lowest BCUT2D eigenvalue weighted by atomic mass is 9.98. The number of esters is 1. The van der Waals surface area contributed by atoms with Gasteiger partial charge in [0.15, 0.2) is 0 Å². The van der Waals surface area contributed by atoms with Gasteiger partial charge in [-0.1, -0.05) is 6.92 Å². The third-order valence-electron chi connectivity index (χ3n) is 2.24. The van der Waals surface area contributed by atoms with E-state index in [1.165, 1.54) is 0 Å². The first-order valence-corrected chi connectivity index (χ1v) is 4.06. The van der Waals surface area contributed by atoms with Gasteiger partial charge in [0.1, 0.15) is 18.4 Å². The first-order valence-electron chi connectivity index (χ1n) is 4.06. The smallest absolute Gasteiger partial charge is 0.318 e. The highest BCUT2D eigenvalue weighted by Gasteiger charge is 2.38. The molecule has 68 valence electrons. The maximum Gasteiger partial charge on any atom is 0.318 e. The van der Waals surface area contributed by atoms with Gasteiger partial charge >= 0.3 is 5.97 Å². The van der Waals surface area contributed by atoms with Crippen molar-refractivity contribution in [2.45, 2.75) is 19.8 Å². The van der Waals surface area contributed by atoms with E-state index in [9.17, 15) is 9.59 Å². The van der Waals surface area contributed by atoms with Crippen molar-refractivity contribution < 1.29 is 14.3 Å². The van der Waals surface area contributed by atoms with Gasteiger partial charge in [0.25, 0.3) is 0 Å². The molecule has 4 nitrogen and oxygen atoms in total. The first-order chi connectivity index (χ1) is 5.66. The van der Waals surface area contributed by atoms with E-state index >= 15 is 0 Å². The minimum absolute atomic E-state index is 0.0130. The lowest BCUT2D eigenvalue weighted by Crippen LogP contribution is -2.27. The van der Waals surface area contributed by atoms with E-state index in [1.807, 2.05) is 6.92 Å². The molecule has 1 aliphatic rings. The molecule has 0 heterocycles. The summed E-state index contributed by atoms with van der Waals surface area (Å²) in [4.78, 5) is 22.3. The van der Waals surface area contributed by atoms with Crippen LogP contribution < -0.4 is 5.73 Å². The summed E-state index contributed by atoms with van der Waals surface area (Å²) in [5.41, 5.74) is 5.03. The summed E-state index contributed by atoms with van der Waals surface area (Å²) >= 11 is 0. The van der Waals surface area contributed by atoms with Gasteiger partial charge in [0.05, 0.1) is 0 Å². The predicted octanol–water partition coefficient (Wildman–Crippen LogP) is 0.0610. The topological polar surface area (TPSA) is 69.4 Å². The third-order valence-corrected chi connectivity index (χ3v) is 2.24. The summed E-state index contributed by atoms with van der Waals surface area (Å²) in [6.07, 6.45) is 1.27. The molecule has 4 heteroatoms. The Hall–Kier alpha value is -0.900. The van der Waals surface area contributed by atoms with Gasteiger partial charge in [-0.05, 0) is 12.3 Å². The van der Waals surface area contributed by atoms with Crippen molar-refractivity contribution >= 4 is 11.8 Å². The Morgan fingerprint density at radius 3 is 2.83 bits per heavy atom. The van der Waals surface area contributed by atoms with E-state index in [1.54, 1.807) is 0 Å². The zero-order chi connectivity index (χ0) is 9.14. The first kappa shape index (κ1) is 9.19. The van der Waals surface area contributed by atoms with E-state index in [0.717, 1.165) is 6.42 Å². The molecule has 0 aromatic rings. The van der Waals surface area contributed by atoms with E-state index < -0.39 is 11.9 Å². The van der Waals surface area contributed by atoms with Crippen LogP contribution in [0.3, 0.4) is 0 Å². The standard InChI is InChI=1S/C8H13NO3/c1-5-2-3-6(10)7(5)8(11)12-4-9/h5,7H,2-4,9H2,1H3/t5-,7?/m1/s1. The van der Waals surface area contributed by atoms with Gasteiger partial charge in [-0.2, -0.15) is 0 Å². The number of hydrogen-bond acceptors (Lipinski definition) is 4. The second-order valence-corrected chi connectivity index (χ2v) is 3.09. The molecule has 0 bridgehead atoms. The van der Waals surface area contributed by atoms with Gasteiger partial charge in [0.2, 0.25) is 0 Å². The molecule has 1 unspecified atom stereocenters. The largest absolute Gasteiger partial charge is 0.449 e. The molecule has 1 fully saturated rings. The Bertz CT molecular complexity index is 202. The average molecular weight is 171 g/mol. The Kier molecular flexibility index (Phi) is 2.81. The van der Waals surface area contributed by atoms with Crippen LogP contribution in [0.15, 0.2) is 0 Å². The number of rotatable bonds is 2. The Morgan fingerprint density at radius 1 is 1.75 bits per heavy atom. The van der Waals surface area contributed by atoms with Gasteiger partial charge < -0.3 is 4.74 Å². The van der Waals surface area contributed by atoms with Crippen LogP contribution in [0.2, 0.25) is 0 Å². The van der Waals surface area contributed by atoms with Crippen molar-refractivity contribution in [1.82, 2.24) is 0 Å². The fourth-order valence-corrected chi connectivity index (χ4v) is 1.55. The van der Waals surface area contributed by atoms with Crippen molar-refractivity contribution in [3.63, 3.8) is 0 Å². The summed E-state index contributed by atoms with van der Waals surface area (Å²) in [5.74, 6) is -0.932. The summed E-state index contributed by atoms with van der Waals surface area (Å²) in [7, 11) is 0. The highest BCUT2D eigenvalue weighted by Crippen LogP contribution is 2.28. The number of carbonyl (C=O) groups excluding carboxylic acids is 2. The van der Waals surface area contributed by atoms with Crippen LogP contribution in [0.4, 0.5) is 0 Å². The van der Waals surface area contributed by atoms with Crippen LogP contribution in [-0.2, 0) is 14.3 Å². The van der Waals surface area contributed by atoms with Crippen LogP contribution in [-0.4, -0.2) is 18.5 Å².